The Morgan fingerprint density at radius 1 is 0.875 bits per heavy atom. The van der Waals surface area contributed by atoms with Gasteiger partial charge < -0.3 is 10.2 Å². The number of hydrogen-bond acceptors (Lipinski definition) is 2. The summed E-state index contributed by atoms with van der Waals surface area (Å²) in [5.74, 6) is 0.412. The van der Waals surface area contributed by atoms with E-state index in [0.717, 1.165) is 5.56 Å². The first-order chi connectivity index (χ1) is 7.66. The normalized spacial score (nSPS) is 10.3. The predicted octanol–water partition coefficient (Wildman–Crippen LogP) is 3.34. The second kappa shape index (κ2) is 4.45. The van der Waals surface area contributed by atoms with Gasteiger partial charge in [-0.25, -0.2) is 0 Å². The van der Waals surface area contributed by atoms with Gasteiger partial charge >= 0.3 is 0 Å². The molecule has 82 valence electrons. The van der Waals surface area contributed by atoms with Crippen LogP contribution in [-0.2, 0) is 6.42 Å². The predicted molar refractivity (Wildman–Crippen MR) is 64.0 cm³/mol. The molecule has 0 unspecified atom stereocenters. The van der Waals surface area contributed by atoms with Crippen LogP contribution in [0, 0.1) is 0 Å². The molecule has 2 aromatic rings. The number of phenolic OH excluding ortho intramolecular Hbond substituents is 2. The molecule has 0 amide bonds. The summed E-state index contributed by atoms with van der Waals surface area (Å²) in [6.45, 7) is 0. The highest BCUT2D eigenvalue weighted by Gasteiger charge is 2.06. The number of para-hydroxylation sites is 1. The smallest absolute Gasteiger partial charge is 0.119 e. The highest BCUT2D eigenvalue weighted by molar-refractivity contribution is 6.30. The van der Waals surface area contributed by atoms with Gasteiger partial charge in [0.15, 0.2) is 0 Å². The minimum atomic E-state index is 0.188. The summed E-state index contributed by atoms with van der Waals surface area (Å²) < 4.78 is 0. The number of halogens is 1. The fourth-order valence-corrected chi connectivity index (χ4v) is 1.76. The Kier molecular flexibility index (Phi) is 3.02. The molecule has 2 aromatic carbocycles. The van der Waals surface area contributed by atoms with E-state index in [0.29, 0.717) is 17.0 Å². The van der Waals surface area contributed by atoms with E-state index < -0.39 is 0 Å². The van der Waals surface area contributed by atoms with Crippen molar-refractivity contribution in [3.05, 3.63) is 58.6 Å². The van der Waals surface area contributed by atoms with Crippen molar-refractivity contribution in [3.63, 3.8) is 0 Å². The SMILES string of the molecule is Oc1ccccc1Cc1cc(Cl)ccc1O. The van der Waals surface area contributed by atoms with Gasteiger partial charge in [-0.3, -0.25) is 0 Å². The maximum Gasteiger partial charge on any atom is 0.119 e. The number of benzene rings is 2. The fourth-order valence-electron chi connectivity index (χ4n) is 1.56. The zero-order valence-corrected chi connectivity index (χ0v) is 9.28. The topological polar surface area (TPSA) is 40.5 Å². The third-order valence-corrected chi connectivity index (χ3v) is 2.65. The van der Waals surface area contributed by atoms with Crippen LogP contribution in [0.4, 0.5) is 0 Å². The fraction of sp³-hybridized carbons (Fsp3) is 0.0769. The van der Waals surface area contributed by atoms with Crippen LogP contribution in [0.1, 0.15) is 11.1 Å². The number of aromatic hydroxyl groups is 2. The molecule has 0 heterocycles. The largest absolute Gasteiger partial charge is 0.508 e. The maximum absolute atomic E-state index is 9.65. The standard InChI is InChI=1S/C13H11ClO2/c14-11-5-6-13(16)10(8-11)7-9-3-1-2-4-12(9)15/h1-6,8,15-16H,7H2. The van der Waals surface area contributed by atoms with E-state index in [2.05, 4.69) is 0 Å². The van der Waals surface area contributed by atoms with Gasteiger partial charge in [0.2, 0.25) is 0 Å². The second-order valence-electron chi connectivity index (χ2n) is 3.58. The monoisotopic (exact) mass is 234 g/mol. The van der Waals surface area contributed by atoms with E-state index in [9.17, 15) is 10.2 Å². The molecule has 0 spiro atoms. The van der Waals surface area contributed by atoms with Crippen LogP contribution in [0.25, 0.3) is 0 Å². The van der Waals surface area contributed by atoms with Crippen molar-refractivity contribution in [2.24, 2.45) is 0 Å². The summed E-state index contributed by atoms with van der Waals surface area (Å²) in [6.07, 6.45) is 0.457. The molecule has 0 aliphatic carbocycles. The molecule has 0 fully saturated rings. The quantitative estimate of drug-likeness (QED) is 0.837. The lowest BCUT2D eigenvalue weighted by Crippen LogP contribution is -1.89. The van der Waals surface area contributed by atoms with Gasteiger partial charge in [0, 0.05) is 11.4 Å². The Balaban J connectivity index is 2.34. The average molecular weight is 235 g/mol. The summed E-state index contributed by atoms with van der Waals surface area (Å²) in [6, 6.07) is 11.9. The summed E-state index contributed by atoms with van der Waals surface area (Å²) in [5.41, 5.74) is 1.47. The van der Waals surface area contributed by atoms with Crippen molar-refractivity contribution < 1.29 is 10.2 Å². The Bertz CT molecular complexity index is 509. The van der Waals surface area contributed by atoms with Crippen molar-refractivity contribution in [2.45, 2.75) is 6.42 Å². The Morgan fingerprint density at radius 3 is 2.31 bits per heavy atom. The first kappa shape index (κ1) is 10.8. The average Bonchev–Trinajstić information content (AvgIpc) is 2.27. The van der Waals surface area contributed by atoms with Gasteiger partial charge in [-0.15, -0.1) is 0 Å². The summed E-state index contributed by atoms with van der Waals surface area (Å²) in [5, 5.41) is 19.8. The molecule has 0 radical (unpaired) electrons. The van der Waals surface area contributed by atoms with E-state index in [-0.39, 0.29) is 11.5 Å². The summed E-state index contributed by atoms with van der Waals surface area (Å²) in [4.78, 5) is 0. The van der Waals surface area contributed by atoms with E-state index in [1.54, 1.807) is 30.3 Å². The molecule has 0 saturated carbocycles. The van der Waals surface area contributed by atoms with E-state index in [1.807, 2.05) is 12.1 Å². The van der Waals surface area contributed by atoms with E-state index >= 15 is 0 Å². The van der Waals surface area contributed by atoms with Crippen LogP contribution < -0.4 is 0 Å². The van der Waals surface area contributed by atoms with Crippen molar-refractivity contribution >= 4 is 11.6 Å². The first-order valence-corrected chi connectivity index (χ1v) is 5.29. The van der Waals surface area contributed by atoms with Crippen molar-refractivity contribution in [2.75, 3.05) is 0 Å². The molecule has 0 aliphatic rings. The number of phenols is 2. The highest BCUT2D eigenvalue weighted by Crippen LogP contribution is 2.27. The maximum atomic E-state index is 9.65. The lowest BCUT2D eigenvalue weighted by atomic mass is 10.0. The molecule has 16 heavy (non-hydrogen) atoms. The second-order valence-corrected chi connectivity index (χ2v) is 4.01. The van der Waals surface area contributed by atoms with Crippen LogP contribution in [0.2, 0.25) is 5.02 Å². The molecule has 0 aromatic heterocycles. The van der Waals surface area contributed by atoms with E-state index in [4.69, 9.17) is 11.6 Å². The van der Waals surface area contributed by atoms with Crippen molar-refractivity contribution in [3.8, 4) is 11.5 Å². The molecule has 2 N–H and O–H groups in total. The molecule has 2 rings (SSSR count). The Labute approximate surface area is 98.7 Å². The lowest BCUT2D eigenvalue weighted by molar-refractivity contribution is 0.463. The lowest BCUT2D eigenvalue weighted by Gasteiger charge is -2.06. The van der Waals surface area contributed by atoms with Crippen LogP contribution in [0.5, 0.6) is 11.5 Å². The van der Waals surface area contributed by atoms with Crippen LogP contribution in [-0.4, -0.2) is 10.2 Å². The molecule has 0 atom stereocenters. The third-order valence-electron chi connectivity index (χ3n) is 2.41. The van der Waals surface area contributed by atoms with Crippen molar-refractivity contribution in [1.29, 1.82) is 0 Å². The molecular formula is C13H11ClO2. The number of rotatable bonds is 2. The van der Waals surface area contributed by atoms with E-state index in [1.165, 1.54) is 0 Å². The first-order valence-electron chi connectivity index (χ1n) is 4.91. The Morgan fingerprint density at radius 2 is 1.56 bits per heavy atom. The van der Waals surface area contributed by atoms with Gasteiger partial charge in [0.05, 0.1) is 0 Å². The zero-order valence-electron chi connectivity index (χ0n) is 8.52. The molecule has 2 nitrogen and oxygen atoms in total. The van der Waals surface area contributed by atoms with Crippen molar-refractivity contribution in [1.82, 2.24) is 0 Å². The van der Waals surface area contributed by atoms with Gasteiger partial charge in [0.1, 0.15) is 11.5 Å². The van der Waals surface area contributed by atoms with Gasteiger partial charge in [-0.05, 0) is 35.4 Å². The third kappa shape index (κ3) is 2.28. The molecule has 0 saturated heterocycles. The van der Waals surface area contributed by atoms with Gasteiger partial charge in [-0.2, -0.15) is 0 Å². The molecule has 3 heteroatoms. The van der Waals surface area contributed by atoms with Crippen LogP contribution >= 0.6 is 11.6 Å². The number of hydrogen-bond donors (Lipinski definition) is 2. The minimum Gasteiger partial charge on any atom is -0.508 e. The molecule has 0 aliphatic heterocycles. The zero-order chi connectivity index (χ0) is 11.5. The van der Waals surface area contributed by atoms with Crippen LogP contribution in [0.15, 0.2) is 42.5 Å². The van der Waals surface area contributed by atoms with Gasteiger partial charge in [-0.1, -0.05) is 29.8 Å². The molecule has 0 bridgehead atoms. The van der Waals surface area contributed by atoms with Gasteiger partial charge in [0.25, 0.3) is 0 Å². The molecular weight excluding hydrogens is 224 g/mol. The Hall–Kier alpha value is -1.67. The summed E-state index contributed by atoms with van der Waals surface area (Å²) in [7, 11) is 0. The highest BCUT2D eigenvalue weighted by atomic mass is 35.5. The minimum absolute atomic E-state index is 0.188. The summed E-state index contributed by atoms with van der Waals surface area (Å²) >= 11 is 5.85. The van der Waals surface area contributed by atoms with Crippen LogP contribution in [0.3, 0.4) is 0 Å².